The molecule has 0 radical (unpaired) electrons. The second-order valence-electron chi connectivity index (χ2n) is 9.66. The molecule has 5 atom stereocenters. The Labute approximate surface area is 220 Å². The molecule has 0 bridgehead atoms. The molecule has 1 saturated carbocycles. The largest absolute Gasteiger partial charge is 0.380 e. The fourth-order valence-corrected chi connectivity index (χ4v) is 6.15. The number of amides is 2. The van der Waals surface area contributed by atoms with E-state index in [9.17, 15) is 9.59 Å². The van der Waals surface area contributed by atoms with Crippen molar-refractivity contribution >= 4 is 42.3 Å². The Morgan fingerprint density at radius 3 is 2.46 bits per heavy atom. The number of carbonyl (C=O) groups is 2. The molecule has 2 aromatic carbocycles. The Kier molecular flexibility index (Phi) is 9.45. The number of hydrogen-bond acceptors (Lipinski definition) is 4. The normalized spacial score (nSPS) is 26.8. The number of likely N-dealkylation sites (tertiary alicyclic amines) is 1. The van der Waals surface area contributed by atoms with Crippen LogP contribution in [0.3, 0.4) is 0 Å². The third kappa shape index (κ3) is 5.45. The molecule has 1 aliphatic carbocycles. The van der Waals surface area contributed by atoms with Gasteiger partial charge in [-0.1, -0.05) is 49.2 Å². The number of nitrogens with zero attached hydrogens (tertiary/aromatic N) is 1. The second-order valence-corrected chi connectivity index (χ2v) is 9.66. The Balaban J connectivity index is 0.00000171. The molecule has 2 heterocycles. The van der Waals surface area contributed by atoms with Gasteiger partial charge < -0.3 is 20.9 Å². The molecule has 3 aliphatic rings. The molecule has 2 aromatic rings. The van der Waals surface area contributed by atoms with Gasteiger partial charge in [-0.25, -0.2) is 0 Å². The van der Waals surface area contributed by atoms with E-state index in [4.69, 9.17) is 0 Å². The Morgan fingerprint density at radius 2 is 1.69 bits per heavy atom. The van der Waals surface area contributed by atoms with Crippen LogP contribution in [0.15, 0.2) is 54.6 Å². The van der Waals surface area contributed by atoms with Crippen LogP contribution in [-0.2, 0) is 4.79 Å². The van der Waals surface area contributed by atoms with Crippen molar-refractivity contribution in [2.45, 2.75) is 50.2 Å². The van der Waals surface area contributed by atoms with Gasteiger partial charge in [0.25, 0.3) is 5.91 Å². The highest BCUT2D eigenvalue weighted by molar-refractivity contribution is 5.95. The molecule has 8 heteroatoms. The predicted octanol–water partition coefficient (Wildman–Crippen LogP) is 4.42. The molecule has 5 rings (SSSR count). The van der Waals surface area contributed by atoms with Crippen molar-refractivity contribution in [3.05, 3.63) is 65.7 Å². The van der Waals surface area contributed by atoms with E-state index in [1.807, 2.05) is 37.4 Å². The van der Waals surface area contributed by atoms with Crippen LogP contribution < -0.4 is 16.0 Å². The minimum atomic E-state index is -0.157. The molecule has 2 fully saturated rings. The van der Waals surface area contributed by atoms with Gasteiger partial charge in [0.2, 0.25) is 5.91 Å². The van der Waals surface area contributed by atoms with Gasteiger partial charge >= 0.3 is 0 Å². The van der Waals surface area contributed by atoms with Crippen molar-refractivity contribution in [3.8, 4) is 0 Å². The number of likely N-dealkylation sites (N-methyl/N-ethyl adjacent to an activating group) is 1. The van der Waals surface area contributed by atoms with E-state index in [1.54, 1.807) is 0 Å². The fraction of sp³-hybridized carbons (Fsp3) is 0.481. The lowest BCUT2D eigenvalue weighted by Crippen LogP contribution is -2.51. The van der Waals surface area contributed by atoms with Gasteiger partial charge in [0.15, 0.2) is 0 Å². The van der Waals surface area contributed by atoms with Crippen LogP contribution in [0.25, 0.3) is 0 Å². The highest BCUT2D eigenvalue weighted by Gasteiger charge is 2.47. The van der Waals surface area contributed by atoms with Gasteiger partial charge in [-0.05, 0) is 50.1 Å². The van der Waals surface area contributed by atoms with Crippen molar-refractivity contribution in [1.29, 1.82) is 0 Å². The first-order chi connectivity index (χ1) is 16.2. The lowest BCUT2D eigenvalue weighted by molar-refractivity contribution is -0.138. The summed E-state index contributed by atoms with van der Waals surface area (Å²) >= 11 is 0. The van der Waals surface area contributed by atoms with Crippen LogP contribution >= 0.6 is 24.8 Å². The van der Waals surface area contributed by atoms with Gasteiger partial charge in [0.1, 0.15) is 0 Å². The van der Waals surface area contributed by atoms with Crippen LogP contribution in [-0.4, -0.2) is 48.9 Å². The number of para-hydroxylation sites is 1. The van der Waals surface area contributed by atoms with Crippen LogP contribution in [0.1, 0.15) is 54.1 Å². The van der Waals surface area contributed by atoms with E-state index in [0.717, 1.165) is 50.9 Å². The fourth-order valence-electron chi connectivity index (χ4n) is 6.15. The average molecular weight is 520 g/mol. The first-order valence-electron chi connectivity index (χ1n) is 12.3. The van der Waals surface area contributed by atoms with E-state index in [1.165, 1.54) is 5.56 Å². The molecule has 2 amide bonds. The van der Waals surface area contributed by atoms with Crippen molar-refractivity contribution in [2.24, 2.45) is 11.8 Å². The highest BCUT2D eigenvalue weighted by atomic mass is 35.5. The molecule has 35 heavy (non-hydrogen) atoms. The first-order valence-corrected chi connectivity index (χ1v) is 12.3. The van der Waals surface area contributed by atoms with Crippen molar-refractivity contribution < 1.29 is 9.59 Å². The lowest BCUT2D eigenvalue weighted by Gasteiger charge is -2.42. The smallest absolute Gasteiger partial charge is 0.251 e. The van der Waals surface area contributed by atoms with Crippen molar-refractivity contribution in [3.63, 3.8) is 0 Å². The molecule has 0 spiro atoms. The van der Waals surface area contributed by atoms with Crippen molar-refractivity contribution in [1.82, 2.24) is 15.5 Å². The van der Waals surface area contributed by atoms with E-state index < -0.39 is 0 Å². The number of carbonyl (C=O) groups excluding carboxylic acids is 2. The van der Waals surface area contributed by atoms with Crippen LogP contribution in [0.2, 0.25) is 0 Å². The molecule has 6 nitrogen and oxygen atoms in total. The SMILES string of the molecule is CNC[C@@H]1Nc2ccccc2[C@H]2[C@@H]1CCN2C(=O)[C@H]1CCCC[C@H]1NC(=O)c1ccccc1.Cl.Cl. The van der Waals surface area contributed by atoms with E-state index in [0.29, 0.717) is 17.5 Å². The monoisotopic (exact) mass is 518 g/mol. The standard InChI is InChI=1S/C27H34N4O2.2ClH/c1-28-17-24-20-15-16-31(25(20)19-11-5-7-13-22(19)29-24)27(33)21-12-6-8-14-23(21)30-26(32)18-9-3-2-4-10-18;;/h2-5,7,9-11,13,20-21,23-25,28-29H,6,8,12,14-17H2,1H3,(H,30,32);2*1H/t20-,21+,23-,24+,25+;;/m1../s1. The van der Waals surface area contributed by atoms with Crippen LogP contribution in [0.4, 0.5) is 5.69 Å². The zero-order chi connectivity index (χ0) is 22.8. The summed E-state index contributed by atoms with van der Waals surface area (Å²) in [5.41, 5.74) is 3.01. The number of benzene rings is 2. The topological polar surface area (TPSA) is 73.5 Å². The summed E-state index contributed by atoms with van der Waals surface area (Å²) in [5, 5.41) is 10.2. The minimum absolute atomic E-state index is 0. The number of rotatable bonds is 5. The summed E-state index contributed by atoms with van der Waals surface area (Å²) in [6.45, 7) is 1.65. The quantitative estimate of drug-likeness (QED) is 0.547. The number of nitrogens with one attached hydrogen (secondary N) is 3. The van der Waals surface area contributed by atoms with Gasteiger partial charge in [-0.2, -0.15) is 0 Å². The van der Waals surface area contributed by atoms with E-state index in [-0.39, 0.29) is 54.6 Å². The molecule has 2 aliphatic heterocycles. The summed E-state index contributed by atoms with van der Waals surface area (Å²) in [7, 11) is 1.98. The maximum absolute atomic E-state index is 14.0. The van der Waals surface area contributed by atoms with Gasteiger partial charge in [0.05, 0.1) is 12.0 Å². The number of hydrogen-bond donors (Lipinski definition) is 3. The Hall–Kier alpha value is -2.28. The number of anilines is 1. The summed E-state index contributed by atoms with van der Waals surface area (Å²) < 4.78 is 0. The molecular weight excluding hydrogens is 483 g/mol. The Bertz CT molecular complexity index is 1010. The van der Waals surface area contributed by atoms with E-state index >= 15 is 0 Å². The molecular formula is C27H36Cl2N4O2. The lowest BCUT2D eigenvalue weighted by atomic mass is 9.81. The molecule has 1 saturated heterocycles. The van der Waals surface area contributed by atoms with Gasteiger partial charge in [0, 0.05) is 42.3 Å². The number of halogens is 2. The number of fused-ring (bicyclic) bond motifs is 3. The molecule has 190 valence electrons. The summed E-state index contributed by atoms with van der Waals surface area (Å²) in [6.07, 6.45) is 4.78. The third-order valence-electron chi connectivity index (χ3n) is 7.72. The van der Waals surface area contributed by atoms with E-state index in [2.05, 4.69) is 45.1 Å². The first kappa shape index (κ1) is 27.3. The summed E-state index contributed by atoms with van der Waals surface area (Å²) in [6, 6.07) is 18.0. The third-order valence-corrected chi connectivity index (χ3v) is 7.72. The zero-order valence-electron chi connectivity index (χ0n) is 20.1. The molecule has 0 unspecified atom stereocenters. The van der Waals surface area contributed by atoms with Crippen molar-refractivity contribution in [2.75, 3.05) is 25.5 Å². The van der Waals surface area contributed by atoms with Gasteiger partial charge in [-0.15, -0.1) is 24.8 Å². The summed E-state index contributed by atoms with van der Waals surface area (Å²) in [5.74, 6) is 0.355. The minimum Gasteiger partial charge on any atom is -0.380 e. The molecule has 3 N–H and O–H groups in total. The summed E-state index contributed by atoms with van der Waals surface area (Å²) in [4.78, 5) is 29.0. The second kappa shape index (κ2) is 12.1. The van der Waals surface area contributed by atoms with Crippen LogP contribution in [0, 0.1) is 11.8 Å². The van der Waals surface area contributed by atoms with Gasteiger partial charge in [-0.3, -0.25) is 9.59 Å². The predicted molar refractivity (Wildman–Crippen MR) is 144 cm³/mol. The highest BCUT2D eigenvalue weighted by Crippen LogP contribution is 2.47. The molecule has 0 aromatic heterocycles. The maximum atomic E-state index is 14.0. The average Bonchev–Trinajstić information content (AvgIpc) is 3.31. The zero-order valence-corrected chi connectivity index (χ0v) is 21.7. The Morgan fingerprint density at radius 1 is 0.971 bits per heavy atom. The van der Waals surface area contributed by atoms with Crippen LogP contribution in [0.5, 0.6) is 0 Å². The maximum Gasteiger partial charge on any atom is 0.251 e.